The van der Waals surface area contributed by atoms with Gasteiger partial charge in [-0.1, -0.05) is 30.3 Å². The average molecular weight is 543 g/mol. The van der Waals surface area contributed by atoms with Crippen LogP contribution < -0.4 is 5.32 Å². The highest BCUT2D eigenvalue weighted by Gasteiger charge is 2.50. The van der Waals surface area contributed by atoms with E-state index >= 15 is 0 Å². The quantitative estimate of drug-likeness (QED) is 0.332. The van der Waals surface area contributed by atoms with Crippen molar-refractivity contribution in [3.63, 3.8) is 0 Å². The van der Waals surface area contributed by atoms with Crippen molar-refractivity contribution in [2.24, 2.45) is 23.2 Å². The van der Waals surface area contributed by atoms with Crippen LogP contribution in [0.2, 0.25) is 0 Å². The van der Waals surface area contributed by atoms with E-state index < -0.39 is 6.04 Å². The van der Waals surface area contributed by atoms with Gasteiger partial charge in [-0.05, 0) is 116 Å². The third-order valence-corrected chi connectivity index (χ3v) is 11.4. The Morgan fingerprint density at radius 3 is 2.21 bits per heavy atom. The number of hydrogen-bond acceptors (Lipinski definition) is 4. The normalized spacial score (nSPS) is 31.1. The number of piperidine rings is 1. The molecule has 8 rings (SSSR count). The first-order valence-electron chi connectivity index (χ1n) is 14.9. The van der Waals surface area contributed by atoms with Crippen molar-refractivity contribution < 1.29 is 14.4 Å². The Balaban J connectivity index is 0.932. The van der Waals surface area contributed by atoms with Crippen LogP contribution in [0.3, 0.4) is 0 Å². The SMILES string of the molecule is O=C1CCC(N2Cc3c(SCCc4ccc(CCC56CC7CC(CC(C7)C5)C6)cc4)cccc3C2=O)C(=O)N1. The highest BCUT2D eigenvalue weighted by Crippen LogP contribution is 2.61. The van der Waals surface area contributed by atoms with E-state index in [1.165, 1.54) is 62.5 Å². The Morgan fingerprint density at radius 1 is 0.872 bits per heavy atom. The number of fused-ring (bicyclic) bond motifs is 1. The summed E-state index contributed by atoms with van der Waals surface area (Å²) < 4.78 is 0. The summed E-state index contributed by atoms with van der Waals surface area (Å²) in [6.45, 7) is 0.433. The summed E-state index contributed by atoms with van der Waals surface area (Å²) in [5.74, 6) is 3.30. The Hall–Kier alpha value is -2.60. The van der Waals surface area contributed by atoms with Gasteiger partial charge >= 0.3 is 0 Å². The lowest BCUT2D eigenvalue weighted by Crippen LogP contribution is -2.52. The maximum atomic E-state index is 13.1. The lowest BCUT2D eigenvalue weighted by molar-refractivity contribution is -0.136. The monoisotopic (exact) mass is 542 g/mol. The van der Waals surface area contributed by atoms with E-state index in [0.717, 1.165) is 40.4 Å². The summed E-state index contributed by atoms with van der Waals surface area (Å²) in [4.78, 5) is 39.8. The number of nitrogens with one attached hydrogen (secondary N) is 1. The first-order valence-corrected chi connectivity index (χ1v) is 15.9. The van der Waals surface area contributed by atoms with Crippen LogP contribution in [0, 0.1) is 23.2 Å². The molecule has 1 unspecified atom stereocenters. The Kier molecular flexibility index (Phi) is 6.57. The molecule has 6 heteroatoms. The van der Waals surface area contributed by atoms with E-state index in [0.29, 0.717) is 23.9 Å². The van der Waals surface area contributed by atoms with Crippen molar-refractivity contribution in [3.8, 4) is 0 Å². The number of rotatable bonds is 8. The Morgan fingerprint density at radius 2 is 1.54 bits per heavy atom. The van der Waals surface area contributed by atoms with Crippen molar-refractivity contribution in [2.75, 3.05) is 5.75 Å². The highest BCUT2D eigenvalue weighted by molar-refractivity contribution is 7.99. The highest BCUT2D eigenvalue weighted by atomic mass is 32.2. The van der Waals surface area contributed by atoms with Crippen molar-refractivity contribution >= 4 is 29.5 Å². The van der Waals surface area contributed by atoms with Crippen LogP contribution >= 0.6 is 11.8 Å². The van der Waals surface area contributed by atoms with Crippen molar-refractivity contribution in [1.29, 1.82) is 0 Å². The van der Waals surface area contributed by atoms with E-state index in [4.69, 9.17) is 0 Å². The van der Waals surface area contributed by atoms with E-state index in [9.17, 15) is 14.4 Å². The predicted octanol–water partition coefficient (Wildman–Crippen LogP) is 5.93. The molecule has 1 saturated heterocycles. The molecule has 2 aliphatic heterocycles. The average Bonchev–Trinajstić information content (AvgIpc) is 3.24. The predicted molar refractivity (Wildman–Crippen MR) is 152 cm³/mol. The number of hydrogen-bond donors (Lipinski definition) is 1. The summed E-state index contributed by atoms with van der Waals surface area (Å²) in [7, 11) is 0. The zero-order valence-electron chi connectivity index (χ0n) is 22.6. The van der Waals surface area contributed by atoms with Gasteiger partial charge in [0.05, 0.1) is 0 Å². The lowest BCUT2D eigenvalue weighted by atomic mass is 9.48. The molecule has 0 aromatic heterocycles. The smallest absolute Gasteiger partial charge is 0.255 e. The third kappa shape index (κ3) is 4.94. The minimum Gasteiger partial charge on any atom is -0.322 e. The Bertz CT molecular complexity index is 1270. The standard InChI is InChI=1S/C33H38N2O3S/c36-30-9-8-28(31(37)34-30)35-20-27-26(32(35)38)2-1-3-29(27)39-13-11-22-6-4-21(5-7-22)10-12-33-17-23-14-24(18-33)16-25(15-23)19-33/h1-7,23-25,28H,8-20H2,(H,34,36,37). The number of amides is 3. The molecule has 4 saturated carbocycles. The van der Waals surface area contributed by atoms with E-state index in [-0.39, 0.29) is 24.1 Å². The first-order chi connectivity index (χ1) is 18.9. The molecule has 4 aliphatic carbocycles. The maximum Gasteiger partial charge on any atom is 0.255 e. The number of benzene rings is 2. The van der Waals surface area contributed by atoms with Gasteiger partial charge in [-0.15, -0.1) is 11.8 Å². The molecule has 204 valence electrons. The molecular weight excluding hydrogens is 504 g/mol. The van der Waals surface area contributed by atoms with E-state index in [2.05, 4.69) is 35.6 Å². The van der Waals surface area contributed by atoms with Crippen LogP contribution in [0.15, 0.2) is 47.4 Å². The summed E-state index contributed by atoms with van der Waals surface area (Å²) in [6, 6.07) is 14.6. The topological polar surface area (TPSA) is 66.5 Å². The molecule has 3 amide bonds. The molecule has 39 heavy (non-hydrogen) atoms. The minimum absolute atomic E-state index is 0.105. The van der Waals surface area contributed by atoms with Gasteiger partial charge in [0, 0.05) is 29.2 Å². The van der Waals surface area contributed by atoms with Gasteiger partial charge in [0.15, 0.2) is 0 Å². The third-order valence-electron chi connectivity index (χ3n) is 10.3. The van der Waals surface area contributed by atoms with E-state index in [1.807, 2.05) is 12.1 Å². The van der Waals surface area contributed by atoms with Gasteiger partial charge in [-0.2, -0.15) is 0 Å². The van der Waals surface area contributed by atoms with Gasteiger partial charge in [0.25, 0.3) is 5.91 Å². The van der Waals surface area contributed by atoms with Crippen LogP contribution in [-0.4, -0.2) is 34.4 Å². The summed E-state index contributed by atoms with van der Waals surface area (Å²) in [6.07, 6.45) is 13.3. The van der Waals surface area contributed by atoms with E-state index in [1.54, 1.807) is 16.7 Å². The van der Waals surface area contributed by atoms with Crippen LogP contribution in [0.5, 0.6) is 0 Å². The molecule has 5 fully saturated rings. The van der Waals surface area contributed by atoms with Crippen LogP contribution in [-0.2, 0) is 29.0 Å². The fraction of sp³-hybridized carbons (Fsp3) is 0.545. The first kappa shape index (κ1) is 25.4. The van der Waals surface area contributed by atoms with Gasteiger partial charge < -0.3 is 4.90 Å². The summed E-state index contributed by atoms with van der Waals surface area (Å²) >= 11 is 1.79. The largest absolute Gasteiger partial charge is 0.322 e. The summed E-state index contributed by atoms with van der Waals surface area (Å²) in [5, 5.41) is 2.38. The molecule has 5 nitrogen and oxygen atoms in total. The zero-order chi connectivity index (χ0) is 26.6. The molecule has 0 radical (unpaired) electrons. The number of carbonyl (C=O) groups excluding carboxylic acids is 3. The lowest BCUT2D eigenvalue weighted by Gasteiger charge is -2.57. The number of imide groups is 1. The van der Waals surface area contributed by atoms with Crippen molar-refractivity contribution in [3.05, 3.63) is 64.7 Å². The van der Waals surface area contributed by atoms with Crippen molar-refractivity contribution in [2.45, 2.75) is 88.1 Å². The van der Waals surface area contributed by atoms with Gasteiger partial charge in [-0.3, -0.25) is 19.7 Å². The summed E-state index contributed by atoms with van der Waals surface area (Å²) in [5.41, 5.74) is 5.19. The molecule has 2 aromatic rings. The van der Waals surface area contributed by atoms with Gasteiger partial charge in [-0.25, -0.2) is 0 Å². The second-order valence-electron chi connectivity index (χ2n) is 13.0. The second kappa shape index (κ2) is 10.1. The molecule has 2 aromatic carbocycles. The fourth-order valence-corrected chi connectivity index (χ4v) is 9.93. The van der Waals surface area contributed by atoms with Crippen molar-refractivity contribution in [1.82, 2.24) is 10.2 Å². The molecule has 0 spiro atoms. The van der Waals surface area contributed by atoms with Crippen LogP contribution in [0.25, 0.3) is 0 Å². The molecule has 1 atom stereocenters. The minimum atomic E-state index is -0.568. The van der Waals surface area contributed by atoms with Crippen LogP contribution in [0.1, 0.15) is 84.8 Å². The van der Waals surface area contributed by atoms with Gasteiger partial charge in [0.1, 0.15) is 6.04 Å². The number of aryl methyl sites for hydroxylation is 2. The number of carbonyl (C=O) groups is 3. The molecular formula is C33H38N2O3S. The second-order valence-corrected chi connectivity index (χ2v) is 14.2. The maximum absolute atomic E-state index is 13.1. The molecule has 4 bridgehead atoms. The van der Waals surface area contributed by atoms with Gasteiger partial charge in [0.2, 0.25) is 11.8 Å². The molecule has 6 aliphatic rings. The van der Waals surface area contributed by atoms with Crippen LogP contribution in [0.4, 0.5) is 0 Å². The number of thioether (sulfide) groups is 1. The number of nitrogens with zero attached hydrogens (tertiary/aromatic N) is 1. The fourth-order valence-electron chi connectivity index (χ4n) is 8.85. The zero-order valence-corrected chi connectivity index (χ0v) is 23.4. The molecule has 2 heterocycles. The Labute approximate surface area is 235 Å². The molecule has 1 N–H and O–H groups in total.